The number of carbonyl (C=O) groups is 1. The minimum absolute atomic E-state index is 0.0267. The Hall–Kier alpha value is -2.69. The van der Waals surface area contributed by atoms with E-state index in [2.05, 4.69) is 5.32 Å². The minimum atomic E-state index is -0.0267. The predicted octanol–water partition coefficient (Wildman–Crippen LogP) is 3.75. The number of carbonyl (C=O) groups excluding carboxylic acids is 1. The molecule has 0 spiro atoms. The summed E-state index contributed by atoms with van der Waals surface area (Å²) in [6.45, 7) is 1.27. The summed E-state index contributed by atoms with van der Waals surface area (Å²) in [5.41, 5.74) is 2.17. The Bertz CT molecular complexity index is 715. The Morgan fingerprint density at radius 2 is 1.88 bits per heavy atom. The predicted molar refractivity (Wildman–Crippen MR) is 96.9 cm³/mol. The molecular weight excluding hydrogens is 316 g/mol. The SMILES string of the molecule is COc1ccc([C@@H]2CCCN2C(=O)NCc2cccc(OC)c2)cc1. The van der Waals surface area contributed by atoms with Gasteiger partial charge in [0.25, 0.3) is 0 Å². The van der Waals surface area contributed by atoms with Gasteiger partial charge in [-0.15, -0.1) is 0 Å². The summed E-state index contributed by atoms with van der Waals surface area (Å²) in [6, 6.07) is 15.8. The van der Waals surface area contributed by atoms with Crippen LogP contribution in [0.4, 0.5) is 4.79 Å². The summed E-state index contributed by atoms with van der Waals surface area (Å²) < 4.78 is 10.4. The minimum Gasteiger partial charge on any atom is -0.497 e. The van der Waals surface area contributed by atoms with E-state index < -0.39 is 0 Å². The lowest BCUT2D eigenvalue weighted by atomic mass is 10.0. The first-order chi connectivity index (χ1) is 12.2. The Morgan fingerprint density at radius 1 is 1.12 bits per heavy atom. The van der Waals surface area contributed by atoms with Crippen LogP contribution in [0.2, 0.25) is 0 Å². The third-order valence-corrected chi connectivity index (χ3v) is 4.59. The Morgan fingerprint density at radius 3 is 2.60 bits per heavy atom. The van der Waals surface area contributed by atoms with Gasteiger partial charge in [0.2, 0.25) is 0 Å². The summed E-state index contributed by atoms with van der Waals surface area (Å²) >= 11 is 0. The molecule has 1 N–H and O–H groups in total. The Kier molecular flexibility index (Phi) is 5.43. The fourth-order valence-corrected chi connectivity index (χ4v) is 3.24. The van der Waals surface area contributed by atoms with Crippen LogP contribution in [0, 0.1) is 0 Å². The van der Waals surface area contributed by atoms with Crippen LogP contribution in [0.3, 0.4) is 0 Å². The molecule has 1 fully saturated rings. The number of nitrogens with one attached hydrogen (secondary N) is 1. The molecular formula is C20H24N2O3. The molecule has 5 heteroatoms. The van der Waals surface area contributed by atoms with Gasteiger partial charge in [0.05, 0.1) is 20.3 Å². The van der Waals surface area contributed by atoms with Crippen molar-refractivity contribution >= 4 is 6.03 Å². The van der Waals surface area contributed by atoms with Crippen molar-refractivity contribution in [3.05, 3.63) is 59.7 Å². The molecule has 1 saturated heterocycles. The fraction of sp³-hybridized carbons (Fsp3) is 0.350. The summed E-state index contributed by atoms with van der Waals surface area (Å²) in [5, 5.41) is 3.02. The molecule has 25 heavy (non-hydrogen) atoms. The van der Waals surface area contributed by atoms with Crippen LogP contribution in [0.1, 0.15) is 30.0 Å². The van der Waals surface area contributed by atoms with E-state index in [1.54, 1.807) is 14.2 Å². The number of amides is 2. The first-order valence-electron chi connectivity index (χ1n) is 8.52. The average Bonchev–Trinajstić information content (AvgIpc) is 3.16. The molecule has 3 rings (SSSR count). The van der Waals surface area contributed by atoms with E-state index in [1.807, 2.05) is 53.4 Å². The first-order valence-corrected chi connectivity index (χ1v) is 8.52. The molecule has 1 aliphatic rings. The Balaban J connectivity index is 1.63. The summed E-state index contributed by atoms with van der Waals surface area (Å²) in [4.78, 5) is 14.6. The molecule has 0 aromatic heterocycles. The summed E-state index contributed by atoms with van der Waals surface area (Å²) in [7, 11) is 3.30. The molecule has 0 unspecified atom stereocenters. The normalized spacial score (nSPS) is 16.6. The van der Waals surface area contributed by atoms with Crippen molar-refractivity contribution in [1.29, 1.82) is 0 Å². The summed E-state index contributed by atoms with van der Waals surface area (Å²) in [6.07, 6.45) is 2.00. The van der Waals surface area contributed by atoms with Gasteiger partial charge in [-0.3, -0.25) is 0 Å². The molecule has 2 aromatic carbocycles. The molecule has 2 amide bonds. The third kappa shape index (κ3) is 4.05. The maximum atomic E-state index is 12.6. The number of methoxy groups -OCH3 is 2. The second kappa shape index (κ2) is 7.92. The lowest BCUT2D eigenvalue weighted by Crippen LogP contribution is -2.39. The van der Waals surface area contributed by atoms with Crippen LogP contribution < -0.4 is 14.8 Å². The van der Waals surface area contributed by atoms with Gasteiger partial charge in [-0.2, -0.15) is 0 Å². The van der Waals surface area contributed by atoms with Gasteiger partial charge in [-0.05, 0) is 48.2 Å². The number of likely N-dealkylation sites (tertiary alicyclic amines) is 1. The van der Waals surface area contributed by atoms with Crippen LogP contribution in [0.25, 0.3) is 0 Å². The van der Waals surface area contributed by atoms with Gasteiger partial charge in [0, 0.05) is 13.1 Å². The van der Waals surface area contributed by atoms with E-state index in [9.17, 15) is 4.79 Å². The molecule has 0 bridgehead atoms. The number of ether oxygens (including phenoxy) is 2. The molecule has 0 radical (unpaired) electrons. The van der Waals surface area contributed by atoms with E-state index in [1.165, 1.54) is 0 Å². The van der Waals surface area contributed by atoms with Crippen molar-refractivity contribution in [2.24, 2.45) is 0 Å². The van der Waals surface area contributed by atoms with Crippen molar-refractivity contribution < 1.29 is 14.3 Å². The van der Waals surface area contributed by atoms with Crippen molar-refractivity contribution in [2.75, 3.05) is 20.8 Å². The van der Waals surface area contributed by atoms with Crippen molar-refractivity contribution in [3.8, 4) is 11.5 Å². The lowest BCUT2D eigenvalue weighted by Gasteiger charge is -2.25. The summed E-state index contributed by atoms with van der Waals surface area (Å²) in [5.74, 6) is 1.62. The highest BCUT2D eigenvalue weighted by atomic mass is 16.5. The van der Waals surface area contributed by atoms with Crippen LogP contribution >= 0.6 is 0 Å². The molecule has 132 valence electrons. The van der Waals surface area contributed by atoms with E-state index >= 15 is 0 Å². The maximum absolute atomic E-state index is 12.6. The van der Waals surface area contributed by atoms with Gasteiger partial charge < -0.3 is 19.7 Å². The third-order valence-electron chi connectivity index (χ3n) is 4.59. The van der Waals surface area contributed by atoms with Crippen LogP contribution in [0.5, 0.6) is 11.5 Å². The monoisotopic (exact) mass is 340 g/mol. The quantitative estimate of drug-likeness (QED) is 0.902. The van der Waals surface area contributed by atoms with Crippen molar-refractivity contribution in [3.63, 3.8) is 0 Å². The number of hydrogen-bond donors (Lipinski definition) is 1. The van der Waals surface area contributed by atoms with Gasteiger partial charge >= 0.3 is 6.03 Å². The zero-order valence-corrected chi connectivity index (χ0v) is 14.7. The lowest BCUT2D eigenvalue weighted by molar-refractivity contribution is 0.192. The second-order valence-corrected chi connectivity index (χ2v) is 6.13. The number of rotatable bonds is 5. The Labute approximate surface area is 148 Å². The van der Waals surface area contributed by atoms with E-state index in [0.29, 0.717) is 6.54 Å². The van der Waals surface area contributed by atoms with Gasteiger partial charge in [0.1, 0.15) is 11.5 Å². The maximum Gasteiger partial charge on any atom is 0.318 e. The molecule has 1 heterocycles. The topological polar surface area (TPSA) is 50.8 Å². The number of benzene rings is 2. The molecule has 0 aliphatic carbocycles. The van der Waals surface area contributed by atoms with E-state index in [-0.39, 0.29) is 12.1 Å². The second-order valence-electron chi connectivity index (χ2n) is 6.13. The fourth-order valence-electron chi connectivity index (χ4n) is 3.24. The zero-order chi connectivity index (χ0) is 17.6. The smallest absolute Gasteiger partial charge is 0.318 e. The van der Waals surface area contributed by atoms with Gasteiger partial charge in [0.15, 0.2) is 0 Å². The van der Waals surface area contributed by atoms with Crippen LogP contribution in [0.15, 0.2) is 48.5 Å². The molecule has 1 aliphatic heterocycles. The van der Waals surface area contributed by atoms with Gasteiger partial charge in [-0.1, -0.05) is 24.3 Å². The highest BCUT2D eigenvalue weighted by Crippen LogP contribution is 2.32. The standard InChI is InChI=1S/C20H24N2O3/c1-24-17-10-8-16(9-11-17)19-7-4-12-22(19)20(23)21-14-15-5-3-6-18(13-15)25-2/h3,5-6,8-11,13,19H,4,7,12,14H2,1-2H3,(H,21,23)/t19-/m0/s1. The van der Waals surface area contributed by atoms with Crippen molar-refractivity contribution in [2.45, 2.75) is 25.4 Å². The average molecular weight is 340 g/mol. The molecule has 5 nitrogen and oxygen atoms in total. The molecule has 2 aromatic rings. The van der Waals surface area contributed by atoms with Gasteiger partial charge in [-0.25, -0.2) is 4.79 Å². The number of hydrogen-bond acceptors (Lipinski definition) is 3. The van der Waals surface area contributed by atoms with Crippen LogP contribution in [-0.2, 0) is 6.54 Å². The van der Waals surface area contributed by atoms with Crippen molar-refractivity contribution in [1.82, 2.24) is 10.2 Å². The first kappa shape index (κ1) is 17.1. The zero-order valence-electron chi connectivity index (χ0n) is 14.7. The highest BCUT2D eigenvalue weighted by molar-refractivity contribution is 5.75. The number of nitrogens with zero attached hydrogens (tertiary/aromatic N) is 1. The highest BCUT2D eigenvalue weighted by Gasteiger charge is 2.29. The molecule has 0 saturated carbocycles. The number of urea groups is 1. The molecule has 1 atom stereocenters. The van der Waals surface area contributed by atoms with E-state index in [0.717, 1.165) is 42.0 Å². The largest absolute Gasteiger partial charge is 0.497 e. The van der Waals surface area contributed by atoms with Crippen LogP contribution in [-0.4, -0.2) is 31.7 Å². The van der Waals surface area contributed by atoms with E-state index in [4.69, 9.17) is 9.47 Å².